The van der Waals surface area contributed by atoms with Gasteiger partial charge in [-0.2, -0.15) is 0 Å². The molecule has 136 valence electrons. The van der Waals surface area contributed by atoms with Crippen molar-refractivity contribution < 1.29 is 38.4 Å². The van der Waals surface area contributed by atoms with Gasteiger partial charge in [0.1, 0.15) is 13.2 Å². The zero-order chi connectivity index (χ0) is 18.1. The topological polar surface area (TPSA) is 108 Å². The van der Waals surface area contributed by atoms with E-state index in [1.54, 1.807) is 0 Å². The van der Waals surface area contributed by atoms with Crippen LogP contribution >= 0.6 is 0 Å². The van der Waals surface area contributed by atoms with E-state index in [0.29, 0.717) is 6.61 Å². The molecule has 0 aromatic heterocycles. The zero-order valence-corrected chi connectivity index (χ0v) is 14.3. The third-order valence-corrected chi connectivity index (χ3v) is 2.16. The van der Waals surface area contributed by atoms with Gasteiger partial charge in [0.05, 0.1) is 13.2 Å². The third kappa shape index (κ3) is 22.7. The van der Waals surface area contributed by atoms with E-state index in [1.165, 1.54) is 20.8 Å². The lowest BCUT2D eigenvalue weighted by Gasteiger charge is -2.15. The van der Waals surface area contributed by atoms with Gasteiger partial charge in [-0.05, 0) is 6.42 Å². The second-order valence-electron chi connectivity index (χ2n) is 4.53. The van der Waals surface area contributed by atoms with E-state index in [0.717, 1.165) is 19.4 Å². The van der Waals surface area contributed by atoms with Crippen LogP contribution in [0.2, 0.25) is 0 Å². The Kier molecular flexibility index (Phi) is 17.1. The van der Waals surface area contributed by atoms with Gasteiger partial charge < -0.3 is 24.1 Å². The molecule has 0 aliphatic rings. The number of carbonyl (C=O) groups excluding carboxylic acids is 3. The summed E-state index contributed by atoms with van der Waals surface area (Å²) >= 11 is 0. The van der Waals surface area contributed by atoms with Crippen LogP contribution in [0.4, 0.5) is 0 Å². The van der Waals surface area contributed by atoms with Crippen LogP contribution in [0, 0.1) is 0 Å². The average molecular weight is 336 g/mol. The summed E-state index contributed by atoms with van der Waals surface area (Å²) < 4.78 is 19.0. The van der Waals surface area contributed by atoms with Gasteiger partial charge in [-0.1, -0.05) is 13.3 Å². The number of aliphatic hydroxyl groups excluding tert-OH is 1. The number of hydrogen-bond acceptors (Lipinski definition) is 8. The van der Waals surface area contributed by atoms with Crippen LogP contribution in [0.5, 0.6) is 0 Å². The minimum absolute atomic E-state index is 0.123. The summed E-state index contributed by atoms with van der Waals surface area (Å²) in [5.41, 5.74) is 0. The van der Waals surface area contributed by atoms with Crippen LogP contribution in [0.25, 0.3) is 0 Å². The Morgan fingerprint density at radius 3 is 1.78 bits per heavy atom. The largest absolute Gasteiger partial charge is 0.462 e. The fraction of sp³-hybridized carbons (Fsp3) is 0.800. The van der Waals surface area contributed by atoms with Crippen molar-refractivity contribution in [3.05, 3.63) is 0 Å². The average Bonchev–Trinajstić information content (AvgIpc) is 2.46. The minimum Gasteiger partial charge on any atom is -0.462 e. The summed E-state index contributed by atoms with van der Waals surface area (Å²) in [7, 11) is 0. The molecule has 0 heterocycles. The number of esters is 3. The minimum atomic E-state index is -0.754. The van der Waals surface area contributed by atoms with E-state index in [2.05, 4.69) is 16.4 Å². The number of hydrogen-bond donors (Lipinski definition) is 1. The van der Waals surface area contributed by atoms with Crippen molar-refractivity contribution in [2.75, 3.05) is 33.0 Å². The highest BCUT2D eigenvalue weighted by Crippen LogP contribution is 1.97. The van der Waals surface area contributed by atoms with Crippen LogP contribution in [0.1, 0.15) is 40.5 Å². The van der Waals surface area contributed by atoms with E-state index in [9.17, 15) is 14.4 Å². The molecule has 23 heavy (non-hydrogen) atoms. The highest BCUT2D eigenvalue weighted by Gasteiger charge is 2.15. The van der Waals surface area contributed by atoms with Gasteiger partial charge in [0, 0.05) is 27.4 Å². The van der Waals surface area contributed by atoms with Gasteiger partial charge in [0.25, 0.3) is 0 Å². The second-order valence-corrected chi connectivity index (χ2v) is 4.53. The molecule has 0 aromatic carbocycles. The number of ether oxygens (including phenoxy) is 4. The Bertz CT molecular complexity index is 305. The summed E-state index contributed by atoms with van der Waals surface area (Å²) in [5, 5.41) is 8.24. The van der Waals surface area contributed by atoms with Crippen LogP contribution in [0.15, 0.2) is 0 Å². The van der Waals surface area contributed by atoms with Crippen molar-refractivity contribution in [2.45, 2.75) is 46.6 Å². The van der Waals surface area contributed by atoms with Crippen LogP contribution in [-0.2, 0) is 33.3 Å². The fourth-order valence-corrected chi connectivity index (χ4v) is 1.18. The third-order valence-electron chi connectivity index (χ3n) is 2.16. The lowest BCUT2D eigenvalue weighted by atomic mass is 10.4. The number of carbonyl (C=O) groups is 3. The Morgan fingerprint density at radius 1 is 0.913 bits per heavy atom. The fourth-order valence-electron chi connectivity index (χ4n) is 1.18. The van der Waals surface area contributed by atoms with Gasteiger partial charge in [0.15, 0.2) is 6.10 Å². The van der Waals surface area contributed by atoms with E-state index < -0.39 is 24.0 Å². The first-order valence-electron chi connectivity index (χ1n) is 7.45. The summed E-state index contributed by atoms with van der Waals surface area (Å²) in [6, 6.07) is 0. The molecule has 8 nitrogen and oxygen atoms in total. The Morgan fingerprint density at radius 2 is 1.43 bits per heavy atom. The quantitative estimate of drug-likeness (QED) is 0.355. The molecule has 0 fully saturated rings. The Balaban J connectivity index is 0. The molecule has 1 N–H and O–H groups in total. The molecular weight excluding hydrogens is 308 g/mol. The SMILES string of the molecule is CC(=O)OCC(COC(C)=O)OC(C)=O.CCCCOCCO. The molecule has 0 atom stereocenters. The van der Waals surface area contributed by atoms with Crippen molar-refractivity contribution in [2.24, 2.45) is 0 Å². The van der Waals surface area contributed by atoms with E-state index in [1.807, 2.05) is 0 Å². The summed E-state index contributed by atoms with van der Waals surface area (Å²) in [5.74, 6) is -1.51. The molecular formula is C15H28O8. The monoisotopic (exact) mass is 336 g/mol. The van der Waals surface area contributed by atoms with Gasteiger partial charge >= 0.3 is 17.9 Å². The summed E-state index contributed by atoms with van der Waals surface area (Å²) in [4.78, 5) is 31.6. The predicted octanol–water partition coefficient (Wildman–Crippen LogP) is 0.840. The van der Waals surface area contributed by atoms with Crippen molar-refractivity contribution in [3.63, 3.8) is 0 Å². The molecule has 0 radical (unpaired) electrons. The lowest BCUT2D eigenvalue weighted by Crippen LogP contribution is -2.29. The molecule has 0 amide bonds. The zero-order valence-electron chi connectivity index (χ0n) is 14.3. The van der Waals surface area contributed by atoms with Crippen molar-refractivity contribution in [3.8, 4) is 0 Å². The predicted molar refractivity (Wildman–Crippen MR) is 81.6 cm³/mol. The summed E-state index contributed by atoms with van der Waals surface area (Å²) in [6.45, 7) is 6.97. The molecule has 0 unspecified atom stereocenters. The molecule has 0 aliphatic carbocycles. The van der Waals surface area contributed by atoms with Crippen LogP contribution < -0.4 is 0 Å². The number of rotatable bonds is 10. The maximum atomic E-state index is 10.6. The Labute approximate surface area is 137 Å². The lowest BCUT2D eigenvalue weighted by molar-refractivity contribution is -0.163. The molecule has 0 aromatic rings. The first-order chi connectivity index (χ1) is 10.8. The number of unbranched alkanes of at least 4 members (excludes halogenated alkanes) is 1. The molecule has 0 rings (SSSR count). The van der Waals surface area contributed by atoms with Crippen molar-refractivity contribution >= 4 is 17.9 Å². The first kappa shape index (κ1) is 23.6. The maximum Gasteiger partial charge on any atom is 0.303 e. The molecule has 0 bridgehead atoms. The first-order valence-corrected chi connectivity index (χ1v) is 7.45. The van der Waals surface area contributed by atoms with Crippen molar-refractivity contribution in [1.82, 2.24) is 0 Å². The molecule has 0 aliphatic heterocycles. The molecule has 0 saturated heterocycles. The Hall–Kier alpha value is -1.67. The standard InChI is InChI=1S/C9H14O6.C6H14O2/c1-6(10)13-4-9(15-8(3)12)5-14-7(2)11;1-2-3-5-8-6-4-7/h9H,4-5H2,1-3H3;7H,2-6H2,1H3. The molecule has 0 saturated carbocycles. The number of aliphatic hydroxyl groups is 1. The molecule has 0 spiro atoms. The van der Waals surface area contributed by atoms with Gasteiger partial charge in [-0.3, -0.25) is 14.4 Å². The molecule has 8 heteroatoms. The van der Waals surface area contributed by atoms with Gasteiger partial charge in [-0.25, -0.2) is 0 Å². The summed E-state index contributed by atoms with van der Waals surface area (Å²) in [6.07, 6.45) is 1.50. The van der Waals surface area contributed by atoms with Crippen LogP contribution in [-0.4, -0.2) is 62.2 Å². The van der Waals surface area contributed by atoms with E-state index in [4.69, 9.17) is 14.6 Å². The van der Waals surface area contributed by atoms with Crippen molar-refractivity contribution in [1.29, 1.82) is 0 Å². The highest BCUT2D eigenvalue weighted by atomic mass is 16.6. The maximum absolute atomic E-state index is 10.6. The van der Waals surface area contributed by atoms with Crippen LogP contribution in [0.3, 0.4) is 0 Å². The van der Waals surface area contributed by atoms with Gasteiger partial charge in [-0.15, -0.1) is 0 Å². The smallest absolute Gasteiger partial charge is 0.303 e. The van der Waals surface area contributed by atoms with E-state index in [-0.39, 0.29) is 19.8 Å². The van der Waals surface area contributed by atoms with E-state index >= 15 is 0 Å². The highest BCUT2D eigenvalue weighted by molar-refractivity contribution is 5.67. The van der Waals surface area contributed by atoms with Gasteiger partial charge in [0.2, 0.25) is 0 Å². The second kappa shape index (κ2) is 16.7. The normalized spacial score (nSPS) is 9.65.